The number of ether oxygens (including phenoxy) is 1. The third-order valence-electron chi connectivity index (χ3n) is 5.67. The maximum Gasteiger partial charge on any atom is 0.421 e. The van der Waals surface area contributed by atoms with E-state index in [0.29, 0.717) is 25.4 Å². The summed E-state index contributed by atoms with van der Waals surface area (Å²) in [5.41, 5.74) is -0.983. The average Bonchev–Trinajstić information content (AvgIpc) is 3.26. The van der Waals surface area contributed by atoms with Crippen LogP contribution in [0, 0.1) is 0 Å². The average molecular weight is 481 g/mol. The van der Waals surface area contributed by atoms with Crippen molar-refractivity contribution < 1.29 is 27.1 Å². The molecular weight excluding hydrogens is 455 g/mol. The van der Waals surface area contributed by atoms with Crippen molar-refractivity contribution in [2.24, 2.45) is 0 Å². The van der Waals surface area contributed by atoms with E-state index in [1.807, 2.05) is 0 Å². The fraction of sp³-hybridized carbons (Fsp3) is 0.524. The molecule has 2 N–H and O–H groups in total. The van der Waals surface area contributed by atoms with Crippen LogP contribution in [-0.2, 0) is 10.9 Å². The van der Waals surface area contributed by atoms with E-state index in [9.17, 15) is 18.0 Å². The summed E-state index contributed by atoms with van der Waals surface area (Å²) >= 11 is 0. The van der Waals surface area contributed by atoms with E-state index in [1.54, 1.807) is 6.08 Å². The lowest BCUT2D eigenvalue weighted by atomic mass is 9.97. The van der Waals surface area contributed by atoms with Crippen molar-refractivity contribution in [3.8, 4) is 0 Å². The summed E-state index contributed by atoms with van der Waals surface area (Å²) in [6.07, 6.45) is 2.32. The van der Waals surface area contributed by atoms with Gasteiger partial charge >= 0.3 is 12.3 Å². The summed E-state index contributed by atoms with van der Waals surface area (Å²) in [5, 5.41) is 5.50. The van der Waals surface area contributed by atoms with Crippen molar-refractivity contribution in [2.75, 3.05) is 50.4 Å². The topological polar surface area (TPSA) is 109 Å². The van der Waals surface area contributed by atoms with Crippen LogP contribution in [0.5, 0.6) is 0 Å². The number of hydrogen-bond donors (Lipinski definition) is 2. The molecule has 34 heavy (non-hydrogen) atoms. The molecule has 0 aromatic carbocycles. The van der Waals surface area contributed by atoms with Crippen molar-refractivity contribution in [3.05, 3.63) is 36.2 Å². The van der Waals surface area contributed by atoms with Crippen LogP contribution >= 0.6 is 0 Å². The van der Waals surface area contributed by atoms with Gasteiger partial charge < -0.3 is 24.3 Å². The smallest absolute Gasteiger partial charge is 0.421 e. The first-order valence-corrected chi connectivity index (χ1v) is 11.0. The molecule has 2 aromatic heterocycles. The second kappa shape index (κ2) is 10.3. The summed E-state index contributed by atoms with van der Waals surface area (Å²) in [5.74, 6) is 0.640. The zero-order chi connectivity index (χ0) is 24.1. The van der Waals surface area contributed by atoms with Crippen LogP contribution in [0.3, 0.4) is 0 Å². The summed E-state index contributed by atoms with van der Waals surface area (Å²) in [6.45, 7) is 2.77. The van der Waals surface area contributed by atoms with E-state index in [-0.39, 0.29) is 30.1 Å². The molecule has 2 aliphatic rings. The highest BCUT2D eigenvalue weighted by Gasteiger charge is 2.35. The van der Waals surface area contributed by atoms with Crippen molar-refractivity contribution in [3.63, 3.8) is 0 Å². The predicted octanol–water partition coefficient (Wildman–Crippen LogP) is 3.80. The highest BCUT2D eigenvalue weighted by molar-refractivity contribution is 5.69. The zero-order valence-corrected chi connectivity index (χ0v) is 18.6. The Labute approximate surface area is 194 Å². The number of amides is 1. The lowest BCUT2D eigenvalue weighted by Gasteiger charge is -2.26. The number of carbonyl (C=O) groups is 1. The predicted molar refractivity (Wildman–Crippen MR) is 117 cm³/mol. The molecule has 0 saturated carbocycles. The molecule has 13 heteroatoms. The summed E-state index contributed by atoms with van der Waals surface area (Å²) in [7, 11) is 2.06. The summed E-state index contributed by atoms with van der Waals surface area (Å²) in [6, 6.07) is 0. The molecule has 0 atom stereocenters. The second-order valence-electron chi connectivity index (χ2n) is 8.20. The van der Waals surface area contributed by atoms with Crippen LogP contribution in [0.1, 0.15) is 36.6 Å². The number of oxazole rings is 1. The molecule has 0 unspecified atom stereocenters. The fourth-order valence-electron chi connectivity index (χ4n) is 3.77. The molecule has 0 spiro atoms. The Hall–Kier alpha value is -3.35. The summed E-state index contributed by atoms with van der Waals surface area (Å²) < 4.78 is 50.9. The van der Waals surface area contributed by atoms with Gasteiger partial charge in [0.15, 0.2) is 5.89 Å². The van der Waals surface area contributed by atoms with Crippen LogP contribution in [-0.4, -0.2) is 70.6 Å². The van der Waals surface area contributed by atoms with Gasteiger partial charge in [-0.25, -0.2) is 14.8 Å². The number of hydrogen-bond acceptors (Lipinski definition) is 9. The van der Waals surface area contributed by atoms with E-state index >= 15 is 0 Å². The first kappa shape index (κ1) is 23.8. The number of anilines is 3. The lowest BCUT2D eigenvalue weighted by molar-refractivity contribution is -0.137. The molecule has 4 heterocycles. The molecule has 0 radical (unpaired) electrons. The molecule has 1 amide bonds. The quantitative estimate of drug-likeness (QED) is 0.544. The number of cyclic esters (lactones) is 1. The summed E-state index contributed by atoms with van der Waals surface area (Å²) in [4.78, 5) is 27.4. The lowest BCUT2D eigenvalue weighted by Crippen LogP contribution is -2.34. The minimum absolute atomic E-state index is 0.0497. The SMILES string of the molecule is CN1CCC(c2ncc(Nc3ncc(C(F)(F)F)c(NCCCN4CC=COC4=O)n3)o2)CC1. The number of alkyl halides is 3. The Bertz CT molecular complexity index is 1020. The van der Waals surface area contributed by atoms with Gasteiger partial charge in [0.25, 0.3) is 0 Å². The highest BCUT2D eigenvalue weighted by Crippen LogP contribution is 2.34. The number of nitrogens with one attached hydrogen (secondary N) is 2. The van der Waals surface area contributed by atoms with Crippen molar-refractivity contribution >= 4 is 23.7 Å². The van der Waals surface area contributed by atoms with Crippen LogP contribution in [0.2, 0.25) is 0 Å². The number of piperidine rings is 1. The number of carbonyl (C=O) groups excluding carboxylic acids is 1. The van der Waals surface area contributed by atoms with Gasteiger partial charge in [-0.05, 0) is 45.5 Å². The Kier molecular flexibility index (Phi) is 7.20. The Morgan fingerprint density at radius 3 is 2.74 bits per heavy atom. The molecule has 4 rings (SSSR count). The first-order chi connectivity index (χ1) is 16.3. The van der Waals surface area contributed by atoms with Crippen molar-refractivity contribution in [2.45, 2.75) is 31.4 Å². The maximum atomic E-state index is 13.4. The molecule has 0 bridgehead atoms. The van der Waals surface area contributed by atoms with E-state index in [2.05, 4.69) is 37.5 Å². The van der Waals surface area contributed by atoms with Crippen LogP contribution in [0.15, 0.2) is 29.1 Å². The molecule has 0 aliphatic carbocycles. The normalized spacial score (nSPS) is 17.6. The van der Waals surface area contributed by atoms with Gasteiger partial charge in [-0.3, -0.25) is 5.32 Å². The number of likely N-dealkylation sites (tertiary alicyclic amines) is 1. The van der Waals surface area contributed by atoms with Crippen LogP contribution in [0.4, 0.5) is 35.6 Å². The molecule has 184 valence electrons. The van der Waals surface area contributed by atoms with Gasteiger partial charge in [0.05, 0.1) is 12.5 Å². The monoisotopic (exact) mass is 481 g/mol. The first-order valence-electron chi connectivity index (χ1n) is 11.0. The van der Waals surface area contributed by atoms with E-state index in [0.717, 1.165) is 32.1 Å². The van der Waals surface area contributed by atoms with Gasteiger partial charge in [-0.2, -0.15) is 18.2 Å². The third-order valence-corrected chi connectivity index (χ3v) is 5.67. The van der Waals surface area contributed by atoms with E-state index in [4.69, 9.17) is 9.15 Å². The van der Waals surface area contributed by atoms with Gasteiger partial charge in [-0.15, -0.1) is 0 Å². The van der Waals surface area contributed by atoms with E-state index < -0.39 is 17.8 Å². The van der Waals surface area contributed by atoms with Crippen molar-refractivity contribution in [1.29, 1.82) is 0 Å². The van der Waals surface area contributed by atoms with Gasteiger partial charge in [0.1, 0.15) is 11.4 Å². The number of aromatic nitrogens is 3. The van der Waals surface area contributed by atoms with Crippen LogP contribution in [0.25, 0.3) is 0 Å². The zero-order valence-electron chi connectivity index (χ0n) is 18.6. The molecule has 1 saturated heterocycles. The van der Waals surface area contributed by atoms with Gasteiger partial charge in [0.2, 0.25) is 11.8 Å². The maximum absolute atomic E-state index is 13.4. The van der Waals surface area contributed by atoms with Crippen molar-refractivity contribution in [1.82, 2.24) is 24.8 Å². The van der Waals surface area contributed by atoms with Crippen LogP contribution < -0.4 is 10.6 Å². The Morgan fingerprint density at radius 1 is 1.21 bits per heavy atom. The highest BCUT2D eigenvalue weighted by atomic mass is 19.4. The molecule has 10 nitrogen and oxygen atoms in total. The molecule has 1 fully saturated rings. The number of halogens is 3. The van der Waals surface area contributed by atoms with Gasteiger partial charge in [0, 0.05) is 31.7 Å². The fourth-order valence-corrected chi connectivity index (χ4v) is 3.77. The number of rotatable bonds is 8. The Balaban J connectivity index is 1.39. The second-order valence-corrected chi connectivity index (χ2v) is 8.20. The molecular formula is C21H26F3N7O3. The third kappa shape index (κ3) is 5.95. The van der Waals surface area contributed by atoms with Gasteiger partial charge in [-0.1, -0.05) is 0 Å². The Morgan fingerprint density at radius 2 is 2.00 bits per heavy atom. The number of nitrogens with zero attached hydrogens (tertiary/aromatic N) is 5. The standard InChI is InChI=1S/C21H26F3N7O3/c1-30-9-4-14(5-10-30)18-26-13-16(34-18)28-19-27-12-15(21(22,23)24)17(29-19)25-6-2-7-31-8-3-11-33-20(31)32/h3,11-14H,2,4-10H2,1H3,(H2,25,27,28,29). The minimum Gasteiger partial charge on any atom is -0.425 e. The molecule has 2 aromatic rings. The minimum atomic E-state index is -4.63. The largest absolute Gasteiger partial charge is 0.425 e. The molecule has 2 aliphatic heterocycles. The van der Waals surface area contributed by atoms with E-state index in [1.165, 1.54) is 17.4 Å².